The molecular formula is C17H18ClN3O2. The number of carbonyl (C=O) groups excluding carboxylic acids is 1. The molecule has 120 valence electrons. The quantitative estimate of drug-likeness (QED) is 0.938. The number of aryl methyl sites for hydroxylation is 1. The second-order valence-electron chi connectivity index (χ2n) is 5.39. The van der Waals surface area contributed by atoms with Crippen LogP contribution in [0.25, 0.3) is 0 Å². The van der Waals surface area contributed by atoms with Gasteiger partial charge in [0, 0.05) is 30.0 Å². The number of nitrogens with zero attached hydrogens (tertiary/aromatic N) is 2. The van der Waals surface area contributed by atoms with Crippen molar-refractivity contribution >= 4 is 29.0 Å². The number of amides is 1. The number of aromatic nitrogens is 1. The summed E-state index contributed by atoms with van der Waals surface area (Å²) in [5.74, 6) is 0.518. The average molecular weight is 332 g/mol. The molecule has 1 amide bonds. The molecule has 23 heavy (non-hydrogen) atoms. The minimum atomic E-state index is -0.176. The van der Waals surface area contributed by atoms with Crippen molar-refractivity contribution < 1.29 is 9.53 Å². The van der Waals surface area contributed by atoms with Gasteiger partial charge in [-0.15, -0.1) is 0 Å². The molecule has 5 nitrogen and oxygen atoms in total. The molecule has 0 aliphatic carbocycles. The Morgan fingerprint density at radius 2 is 2.09 bits per heavy atom. The summed E-state index contributed by atoms with van der Waals surface area (Å²) >= 11 is 5.96. The molecule has 0 bridgehead atoms. The van der Waals surface area contributed by atoms with E-state index in [0.29, 0.717) is 29.6 Å². The van der Waals surface area contributed by atoms with Crippen molar-refractivity contribution in [2.45, 2.75) is 6.92 Å². The number of carbonyl (C=O) groups is 1. The van der Waals surface area contributed by atoms with Gasteiger partial charge in [-0.2, -0.15) is 0 Å². The zero-order valence-electron chi connectivity index (χ0n) is 12.9. The van der Waals surface area contributed by atoms with Crippen molar-refractivity contribution in [2.24, 2.45) is 0 Å². The molecule has 0 radical (unpaired) electrons. The van der Waals surface area contributed by atoms with E-state index < -0.39 is 0 Å². The van der Waals surface area contributed by atoms with Crippen LogP contribution in [0.15, 0.2) is 36.5 Å². The zero-order valence-corrected chi connectivity index (χ0v) is 13.6. The number of benzene rings is 1. The molecule has 1 aliphatic heterocycles. The van der Waals surface area contributed by atoms with Crippen molar-refractivity contribution in [1.82, 2.24) is 4.98 Å². The first-order valence-electron chi connectivity index (χ1n) is 7.50. The number of halogens is 1. The van der Waals surface area contributed by atoms with Crippen molar-refractivity contribution in [2.75, 3.05) is 36.5 Å². The Labute approximate surface area is 140 Å². The van der Waals surface area contributed by atoms with Crippen LogP contribution in [0, 0.1) is 6.92 Å². The monoisotopic (exact) mass is 331 g/mol. The number of anilines is 2. The molecule has 1 N–H and O–H groups in total. The molecule has 2 aromatic rings. The maximum absolute atomic E-state index is 12.7. The topological polar surface area (TPSA) is 54.5 Å². The summed E-state index contributed by atoms with van der Waals surface area (Å²) in [5, 5.41) is 3.59. The fraction of sp³-hybridized carbons (Fsp3) is 0.294. The van der Waals surface area contributed by atoms with E-state index in [9.17, 15) is 4.79 Å². The molecule has 0 unspecified atom stereocenters. The minimum Gasteiger partial charge on any atom is -0.378 e. The summed E-state index contributed by atoms with van der Waals surface area (Å²) in [6.45, 7) is 4.67. The van der Waals surface area contributed by atoms with Gasteiger partial charge < -0.3 is 15.0 Å². The van der Waals surface area contributed by atoms with Gasteiger partial charge >= 0.3 is 0 Å². The Bertz CT molecular complexity index is 715. The molecule has 1 aromatic heterocycles. The standard InChI is InChI=1S/C17H18ClN3O2/c1-12-11-13(18)4-5-15(12)20-17(22)14-3-2-6-19-16(14)21-7-9-23-10-8-21/h2-6,11H,7-10H2,1H3,(H,20,22). The van der Waals surface area contributed by atoms with Gasteiger partial charge in [0.15, 0.2) is 0 Å². The normalized spacial score (nSPS) is 14.6. The summed E-state index contributed by atoms with van der Waals surface area (Å²) in [6, 6.07) is 8.95. The lowest BCUT2D eigenvalue weighted by molar-refractivity contribution is 0.102. The average Bonchev–Trinajstić information content (AvgIpc) is 2.58. The highest BCUT2D eigenvalue weighted by atomic mass is 35.5. The Hall–Kier alpha value is -2.11. The lowest BCUT2D eigenvalue weighted by Gasteiger charge is -2.29. The number of rotatable bonds is 3. The zero-order chi connectivity index (χ0) is 16.2. The molecule has 0 saturated carbocycles. The van der Waals surface area contributed by atoms with E-state index in [1.807, 2.05) is 13.0 Å². The predicted octanol–water partition coefficient (Wildman–Crippen LogP) is 3.13. The molecule has 0 spiro atoms. The molecule has 1 aromatic carbocycles. The van der Waals surface area contributed by atoms with Gasteiger partial charge in [0.1, 0.15) is 5.82 Å². The fourth-order valence-corrected chi connectivity index (χ4v) is 2.78. The highest BCUT2D eigenvalue weighted by Crippen LogP contribution is 2.23. The van der Waals surface area contributed by atoms with E-state index in [-0.39, 0.29) is 5.91 Å². The minimum absolute atomic E-state index is 0.176. The molecule has 0 atom stereocenters. The molecule has 6 heteroatoms. The summed E-state index contributed by atoms with van der Waals surface area (Å²) in [6.07, 6.45) is 1.70. The van der Waals surface area contributed by atoms with E-state index >= 15 is 0 Å². The van der Waals surface area contributed by atoms with Crippen LogP contribution >= 0.6 is 11.6 Å². The third-order valence-electron chi connectivity index (χ3n) is 3.78. The Morgan fingerprint density at radius 3 is 2.83 bits per heavy atom. The largest absolute Gasteiger partial charge is 0.378 e. The van der Waals surface area contributed by atoms with E-state index in [1.54, 1.807) is 30.5 Å². The van der Waals surface area contributed by atoms with Gasteiger partial charge in [0.25, 0.3) is 5.91 Å². The summed E-state index contributed by atoms with van der Waals surface area (Å²) in [5.41, 5.74) is 2.22. The van der Waals surface area contributed by atoms with Crippen LogP contribution in [-0.4, -0.2) is 37.2 Å². The molecule has 1 aliphatic rings. The Balaban J connectivity index is 1.84. The van der Waals surface area contributed by atoms with Gasteiger partial charge in [-0.05, 0) is 42.8 Å². The van der Waals surface area contributed by atoms with E-state index in [1.165, 1.54) is 0 Å². The molecule has 1 fully saturated rings. The van der Waals surface area contributed by atoms with Gasteiger partial charge in [0.05, 0.1) is 18.8 Å². The van der Waals surface area contributed by atoms with Crippen LogP contribution in [0.2, 0.25) is 5.02 Å². The lowest BCUT2D eigenvalue weighted by atomic mass is 10.1. The number of nitrogens with one attached hydrogen (secondary N) is 1. The summed E-state index contributed by atoms with van der Waals surface area (Å²) < 4.78 is 5.36. The first kappa shape index (κ1) is 15.8. The van der Waals surface area contributed by atoms with Crippen LogP contribution in [0.5, 0.6) is 0 Å². The lowest BCUT2D eigenvalue weighted by Crippen LogP contribution is -2.38. The third kappa shape index (κ3) is 3.63. The first-order valence-corrected chi connectivity index (χ1v) is 7.88. The van der Waals surface area contributed by atoms with Crippen LogP contribution < -0.4 is 10.2 Å². The highest BCUT2D eigenvalue weighted by Gasteiger charge is 2.20. The second kappa shape index (κ2) is 6.98. The number of morpholine rings is 1. The summed E-state index contributed by atoms with van der Waals surface area (Å²) in [4.78, 5) is 19.1. The van der Waals surface area contributed by atoms with Crippen molar-refractivity contribution in [1.29, 1.82) is 0 Å². The number of pyridine rings is 1. The number of ether oxygens (including phenoxy) is 1. The fourth-order valence-electron chi connectivity index (χ4n) is 2.56. The van der Waals surface area contributed by atoms with Crippen molar-refractivity contribution in [3.05, 3.63) is 52.7 Å². The second-order valence-corrected chi connectivity index (χ2v) is 5.82. The van der Waals surface area contributed by atoms with Gasteiger partial charge in [0.2, 0.25) is 0 Å². The summed E-state index contributed by atoms with van der Waals surface area (Å²) in [7, 11) is 0. The SMILES string of the molecule is Cc1cc(Cl)ccc1NC(=O)c1cccnc1N1CCOCC1. The molecule has 2 heterocycles. The van der Waals surface area contributed by atoms with E-state index in [0.717, 1.165) is 24.3 Å². The predicted molar refractivity (Wildman–Crippen MR) is 91.4 cm³/mol. The van der Waals surface area contributed by atoms with Crippen LogP contribution in [0.4, 0.5) is 11.5 Å². The smallest absolute Gasteiger partial charge is 0.259 e. The maximum atomic E-state index is 12.7. The van der Waals surface area contributed by atoms with Crippen LogP contribution in [-0.2, 0) is 4.74 Å². The Kier molecular flexibility index (Phi) is 4.79. The van der Waals surface area contributed by atoms with Crippen LogP contribution in [0.1, 0.15) is 15.9 Å². The maximum Gasteiger partial charge on any atom is 0.259 e. The van der Waals surface area contributed by atoms with Crippen molar-refractivity contribution in [3.8, 4) is 0 Å². The van der Waals surface area contributed by atoms with Gasteiger partial charge in [-0.25, -0.2) is 4.98 Å². The molecule has 1 saturated heterocycles. The molecule has 3 rings (SSSR count). The first-order chi connectivity index (χ1) is 11.1. The van der Waals surface area contributed by atoms with E-state index in [4.69, 9.17) is 16.3 Å². The Morgan fingerprint density at radius 1 is 1.30 bits per heavy atom. The highest BCUT2D eigenvalue weighted by molar-refractivity contribution is 6.30. The number of hydrogen-bond donors (Lipinski definition) is 1. The van der Waals surface area contributed by atoms with Crippen LogP contribution in [0.3, 0.4) is 0 Å². The van der Waals surface area contributed by atoms with Gasteiger partial charge in [-0.1, -0.05) is 11.6 Å². The van der Waals surface area contributed by atoms with E-state index in [2.05, 4.69) is 15.2 Å². The molecular weight excluding hydrogens is 314 g/mol. The van der Waals surface area contributed by atoms with Gasteiger partial charge in [-0.3, -0.25) is 4.79 Å². The number of hydrogen-bond acceptors (Lipinski definition) is 4. The third-order valence-corrected chi connectivity index (χ3v) is 4.01. The van der Waals surface area contributed by atoms with Crippen molar-refractivity contribution in [3.63, 3.8) is 0 Å².